The summed E-state index contributed by atoms with van der Waals surface area (Å²) in [5, 5.41) is 0. The lowest BCUT2D eigenvalue weighted by atomic mass is 9.71. The first-order chi connectivity index (χ1) is 23.1. The van der Waals surface area contributed by atoms with E-state index in [0.717, 1.165) is 22.3 Å². The Morgan fingerprint density at radius 3 is 1.28 bits per heavy atom. The normalized spacial score (nSPS) is 16.8. The van der Waals surface area contributed by atoms with E-state index in [2.05, 4.69) is 0 Å². The lowest BCUT2D eigenvalue weighted by Gasteiger charge is -2.46. The quantitative estimate of drug-likeness (QED) is 0.107. The molecule has 0 radical (unpaired) electrons. The van der Waals surface area contributed by atoms with E-state index in [1.54, 1.807) is 50.5 Å². The van der Waals surface area contributed by atoms with E-state index in [0.29, 0.717) is 5.56 Å². The number of esters is 1. The van der Waals surface area contributed by atoms with Crippen molar-refractivity contribution in [3.8, 4) is 0 Å². The van der Waals surface area contributed by atoms with Gasteiger partial charge in [-0.3, -0.25) is 0 Å². The average molecular weight is 625 g/mol. The summed E-state index contributed by atoms with van der Waals surface area (Å²) < 4.78 is 32.6. The highest BCUT2D eigenvalue weighted by molar-refractivity contribution is 6.51. The number of hydrogen-bond donors (Lipinski definition) is 0. The molecule has 6 nitrogen and oxygen atoms in total. The van der Waals surface area contributed by atoms with Crippen LogP contribution in [0.2, 0.25) is 0 Å². The van der Waals surface area contributed by atoms with E-state index in [-0.39, 0.29) is 6.61 Å². The average Bonchev–Trinajstić information content (AvgIpc) is 3.58. The van der Waals surface area contributed by atoms with E-state index in [1.807, 2.05) is 127 Å². The molecule has 7 heteroatoms. The summed E-state index contributed by atoms with van der Waals surface area (Å²) in [6.45, 7) is 0.0475. The molecule has 1 aliphatic rings. The van der Waals surface area contributed by atoms with Crippen molar-refractivity contribution in [1.82, 2.24) is 0 Å². The van der Waals surface area contributed by atoms with Gasteiger partial charge in [0.1, 0.15) is 30.0 Å². The van der Waals surface area contributed by atoms with Crippen LogP contribution in [-0.4, -0.2) is 46.1 Å². The molecule has 0 aromatic heterocycles. The number of methoxy groups -OCH3 is 2. The predicted molar refractivity (Wildman–Crippen MR) is 183 cm³/mol. The molecule has 2 atom stereocenters. The molecule has 1 aliphatic heterocycles. The van der Waals surface area contributed by atoms with Crippen molar-refractivity contribution in [3.63, 3.8) is 0 Å². The van der Waals surface area contributed by atoms with Crippen molar-refractivity contribution in [2.75, 3.05) is 20.8 Å². The van der Waals surface area contributed by atoms with Gasteiger partial charge in [-0.05, 0) is 34.4 Å². The fraction of sp³-hybridized carbons (Fsp3) is 0.175. The van der Waals surface area contributed by atoms with Gasteiger partial charge in [0.25, 0.3) is 0 Å². The second kappa shape index (κ2) is 14.8. The first kappa shape index (κ1) is 32.2. The van der Waals surface area contributed by atoms with Gasteiger partial charge in [0.05, 0.1) is 5.56 Å². The minimum Gasteiger partial charge on any atom is -0.458 e. The highest BCUT2D eigenvalue weighted by atomic mass is 16.7. The van der Waals surface area contributed by atoms with E-state index in [1.165, 1.54) is 0 Å². The fourth-order valence-corrected chi connectivity index (χ4v) is 6.56. The molecule has 236 valence electrons. The highest BCUT2D eigenvalue weighted by Gasteiger charge is 2.61. The zero-order valence-corrected chi connectivity index (χ0v) is 26.5. The third-order valence-corrected chi connectivity index (χ3v) is 8.71. The minimum absolute atomic E-state index is 0.0475. The molecule has 5 aromatic rings. The molecule has 47 heavy (non-hydrogen) atoms. The molecule has 0 spiro atoms. The Bertz CT molecular complexity index is 1560. The summed E-state index contributed by atoms with van der Waals surface area (Å²) in [6.07, 6.45) is 0.294. The predicted octanol–water partition coefficient (Wildman–Crippen LogP) is 7.39. The number of hydrogen-bond acceptors (Lipinski definition) is 6. The van der Waals surface area contributed by atoms with Gasteiger partial charge >= 0.3 is 13.1 Å². The molecular weight excluding hydrogens is 587 g/mol. The van der Waals surface area contributed by atoms with Gasteiger partial charge in [0.15, 0.2) is 0 Å². The topological polar surface area (TPSA) is 63.2 Å². The van der Waals surface area contributed by atoms with Gasteiger partial charge in [-0.25, -0.2) is 4.79 Å². The molecule has 1 saturated heterocycles. The van der Waals surface area contributed by atoms with Crippen LogP contribution in [0.5, 0.6) is 0 Å². The van der Waals surface area contributed by atoms with Crippen LogP contribution in [0.25, 0.3) is 0 Å². The SMILES string of the molecule is COC(c1ccccc1)(c1ccccc1)[C@@H]1OB(/C=C/COC(=O)c2ccccc2)O[C@H]1C(OC)(c1ccccc1)c1ccccc1. The van der Waals surface area contributed by atoms with Crippen molar-refractivity contribution in [2.45, 2.75) is 23.4 Å². The zero-order chi connectivity index (χ0) is 32.5. The van der Waals surface area contributed by atoms with Gasteiger partial charge in [-0.2, -0.15) is 0 Å². The smallest absolute Gasteiger partial charge is 0.458 e. The van der Waals surface area contributed by atoms with Gasteiger partial charge in [0, 0.05) is 14.2 Å². The molecule has 1 fully saturated rings. The first-order valence-corrected chi connectivity index (χ1v) is 15.7. The minimum atomic E-state index is -1.11. The molecule has 0 unspecified atom stereocenters. The van der Waals surface area contributed by atoms with Gasteiger partial charge in [-0.15, -0.1) is 0 Å². The summed E-state index contributed by atoms with van der Waals surface area (Å²) in [5.41, 5.74) is 1.88. The van der Waals surface area contributed by atoms with Crippen LogP contribution in [-0.2, 0) is 34.7 Å². The van der Waals surface area contributed by atoms with Crippen LogP contribution < -0.4 is 0 Å². The first-order valence-electron chi connectivity index (χ1n) is 15.7. The molecule has 5 aromatic carbocycles. The van der Waals surface area contributed by atoms with Crippen LogP contribution >= 0.6 is 0 Å². The molecule has 1 heterocycles. The van der Waals surface area contributed by atoms with Gasteiger partial charge < -0.3 is 23.5 Å². The maximum atomic E-state index is 12.6. The third kappa shape index (κ3) is 6.31. The zero-order valence-electron chi connectivity index (χ0n) is 26.5. The van der Waals surface area contributed by atoms with Crippen molar-refractivity contribution >= 4 is 13.1 Å². The van der Waals surface area contributed by atoms with Crippen molar-refractivity contribution in [2.24, 2.45) is 0 Å². The molecular formula is C40H37BO6. The Morgan fingerprint density at radius 1 is 0.596 bits per heavy atom. The Hall–Kier alpha value is -4.79. The Labute approximate surface area is 276 Å². The van der Waals surface area contributed by atoms with E-state index in [4.69, 9.17) is 23.5 Å². The molecule has 0 saturated carbocycles. The van der Waals surface area contributed by atoms with Crippen LogP contribution in [0.4, 0.5) is 0 Å². The van der Waals surface area contributed by atoms with Gasteiger partial charge in [0.2, 0.25) is 0 Å². The standard InChI is InChI=1S/C40H37BO6/c1-43-39(32-21-10-4-11-22-32,33-23-12-5-13-24-33)36-37(40(44-2,34-25-14-6-15-26-34)35-27-16-7-17-28-35)47-41(46-36)29-18-30-45-38(42)31-19-8-3-9-20-31/h3-29,36-37H,30H2,1-2H3/b29-18+/t36-,37-/m1/s1. The maximum Gasteiger partial charge on any atom is 0.486 e. The fourth-order valence-electron chi connectivity index (χ4n) is 6.56. The Balaban J connectivity index is 1.46. The largest absolute Gasteiger partial charge is 0.486 e. The Kier molecular flexibility index (Phi) is 10.1. The number of ether oxygens (including phenoxy) is 3. The summed E-state index contributed by atoms with van der Waals surface area (Å²) in [7, 11) is 2.59. The molecule has 0 aliphatic carbocycles. The molecule has 0 bridgehead atoms. The number of carbonyl (C=O) groups excluding carboxylic acids is 1. The summed E-state index contributed by atoms with van der Waals surface area (Å²) in [4.78, 5) is 12.6. The van der Waals surface area contributed by atoms with Crippen molar-refractivity contribution in [3.05, 3.63) is 192 Å². The van der Waals surface area contributed by atoms with E-state index < -0.39 is 36.5 Å². The highest BCUT2D eigenvalue weighted by Crippen LogP contribution is 2.50. The Morgan fingerprint density at radius 2 is 0.936 bits per heavy atom. The van der Waals surface area contributed by atoms with Crippen molar-refractivity contribution < 1.29 is 28.3 Å². The lowest BCUT2D eigenvalue weighted by Crippen LogP contribution is -2.56. The molecule has 0 amide bonds. The van der Waals surface area contributed by atoms with Gasteiger partial charge in [-0.1, -0.05) is 152 Å². The molecule has 6 rings (SSSR count). The summed E-state index contributed by atoms with van der Waals surface area (Å²) in [5.74, 6) is 1.37. The van der Waals surface area contributed by atoms with Crippen LogP contribution in [0, 0.1) is 0 Å². The van der Waals surface area contributed by atoms with Crippen molar-refractivity contribution in [1.29, 1.82) is 0 Å². The number of benzene rings is 5. The lowest BCUT2D eigenvalue weighted by molar-refractivity contribution is -0.136. The summed E-state index contributed by atoms with van der Waals surface area (Å²) in [6, 6.07) is 49.1. The van der Waals surface area contributed by atoms with Crippen LogP contribution in [0.15, 0.2) is 164 Å². The monoisotopic (exact) mass is 624 g/mol. The molecule has 0 N–H and O–H groups in total. The number of rotatable bonds is 12. The third-order valence-electron chi connectivity index (χ3n) is 8.71. The van der Waals surface area contributed by atoms with E-state index >= 15 is 0 Å². The van der Waals surface area contributed by atoms with Crippen LogP contribution in [0.1, 0.15) is 32.6 Å². The maximum absolute atomic E-state index is 12.6. The van der Waals surface area contributed by atoms with E-state index in [9.17, 15) is 4.79 Å². The number of carbonyl (C=O) groups is 1. The van der Waals surface area contributed by atoms with Crippen LogP contribution in [0.3, 0.4) is 0 Å². The second-order valence-corrected chi connectivity index (χ2v) is 11.2. The second-order valence-electron chi connectivity index (χ2n) is 11.2. The summed E-state index contributed by atoms with van der Waals surface area (Å²) >= 11 is 0.